The van der Waals surface area contributed by atoms with E-state index < -0.39 is 0 Å². The monoisotopic (exact) mass is 199 g/mol. The van der Waals surface area contributed by atoms with Crippen LogP contribution in [0.15, 0.2) is 24.7 Å². The second-order valence-electron chi connectivity index (χ2n) is 4.17. The van der Waals surface area contributed by atoms with Gasteiger partial charge in [0.25, 0.3) is 0 Å². The van der Waals surface area contributed by atoms with Gasteiger partial charge in [0.05, 0.1) is 5.69 Å². The van der Waals surface area contributed by atoms with Crippen molar-refractivity contribution in [2.75, 3.05) is 0 Å². The normalized spacial score (nSPS) is 20.9. The van der Waals surface area contributed by atoms with Crippen molar-refractivity contribution in [2.24, 2.45) is 5.92 Å². The highest BCUT2D eigenvalue weighted by molar-refractivity contribution is 5.88. The molecule has 0 saturated heterocycles. The van der Waals surface area contributed by atoms with Gasteiger partial charge in [-0.15, -0.1) is 0 Å². The van der Waals surface area contributed by atoms with Crippen molar-refractivity contribution in [1.82, 2.24) is 15.0 Å². The largest absolute Gasteiger partial charge is 0.346 e. The second kappa shape index (κ2) is 3.19. The summed E-state index contributed by atoms with van der Waals surface area (Å²) in [6, 6.07) is 2.05. The third-order valence-electron chi connectivity index (χ3n) is 3.01. The van der Waals surface area contributed by atoms with E-state index in [1.807, 2.05) is 6.20 Å². The molecular formula is C12H13N3. The number of H-pyrrole nitrogens is 1. The van der Waals surface area contributed by atoms with Crippen LogP contribution in [0.1, 0.15) is 25.5 Å². The number of allylic oxidation sites excluding steroid dienone is 2. The number of hydrogen-bond donors (Lipinski definition) is 1. The quantitative estimate of drug-likeness (QED) is 0.767. The minimum absolute atomic E-state index is 0.684. The molecular weight excluding hydrogens is 186 g/mol. The Kier molecular flexibility index (Phi) is 1.84. The van der Waals surface area contributed by atoms with E-state index in [1.54, 1.807) is 6.33 Å². The molecule has 3 rings (SSSR count). The van der Waals surface area contributed by atoms with E-state index in [2.05, 4.69) is 34.0 Å². The summed E-state index contributed by atoms with van der Waals surface area (Å²) in [6.07, 6.45) is 8.26. The van der Waals surface area contributed by atoms with E-state index in [-0.39, 0.29) is 0 Å². The van der Waals surface area contributed by atoms with Crippen LogP contribution in [-0.4, -0.2) is 15.0 Å². The van der Waals surface area contributed by atoms with E-state index >= 15 is 0 Å². The average Bonchev–Trinajstić information content (AvgIpc) is 2.84. The van der Waals surface area contributed by atoms with Crippen molar-refractivity contribution in [3.8, 4) is 0 Å². The molecule has 0 aliphatic heterocycles. The summed E-state index contributed by atoms with van der Waals surface area (Å²) < 4.78 is 0. The fraction of sp³-hybridized carbons (Fsp3) is 0.333. The number of aromatic nitrogens is 3. The van der Waals surface area contributed by atoms with E-state index in [0.717, 1.165) is 23.1 Å². The van der Waals surface area contributed by atoms with Crippen LogP contribution in [0, 0.1) is 5.92 Å². The SMILES string of the molecule is CC1C=C(c2ncnc3[nH]ccc23)CC1. The lowest BCUT2D eigenvalue weighted by Crippen LogP contribution is -1.89. The Labute approximate surface area is 88.3 Å². The predicted octanol–water partition coefficient (Wildman–Crippen LogP) is 2.77. The Bertz CT molecular complexity index is 524. The molecule has 1 aliphatic carbocycles. The van der Waals surface area contributed by atoms with Gasteiger partial charge in [-0.25, -0.2) is 9.97 Å². The predicted molar refractivity (Wildman–Crippen MR) is 60.3 cm³/mol. The Balaban J connectivity index is 2.18. The number of aromatic amines is 1. The molecule has 15 heavy (non-hydrogen) atoms. The Morgan fingerprint density at radius 1 is 1.40 bits per heavy atom. The maximum atomic E-state index is 4.40. The molecule has 3 heteroatoms. The number of hydrogen-bond acceptors (Lipinski definition) is 2. The van der Waals surface area contributed by atoms with Gasteiger partial charge in [-0.2, -0.15) is 0 Å². The molecule has 1 atom stereocenters. The molecule has 0 amide bonds. The summed E-state index contributed by atoms with van der Waals surface area (Å²) in [5.41, 5.74) is 3.40. The van der Waals surface area contributed by atoms with Gasteiger partial charge in [-0.3, -0.25) is 0 Å². The van der Waals surface area contributed by atoms with Gasteiger partial charge in [-0.05, 0) is 30.4 Å². The Morgan fingerprint density at radius 2 is 2.33 bits per heavy atom. The number of nitrogens with zero attached hydrogens (tertiary/aromatic N) is 2. The summed E-state index contributed by atoms with van der Waals surface area (Å²) in [4.78, 5) is 11.7. The van der Waals surface area contributed by atoms with E-state index in [9.17, 15) is 0 Å². The first-order chi connectivity index (χ1) is 7.34. The molecule has 1 unspecified atom stereocenters. The third-order valence-corrected chi connectivity index (χ3v) is 3.01. The van der Waals surface area contributed by atoms with Crippen molar-refractivity contribution in [2.45, 2.75) is 19.8 Å². The lowest BCUT2D eigenvalue weighted by molar-refractivity contribution is 0.703. The standard InChI is InChI=1S/C12H13N3/c1-8-2-3-9(6-8)11-10-4-5-13-12(10)15-7-14-11/h4-8H,2-3H2,1H3,(H,13,14,15). The topological polar surface area (TPSA) is 41.6 Å². The van der Waals surface area contributed by atoms with Gasteiger partial charge in [0, 0.05) is 11.6 Å². The molecule has 2 aromatic heterocycles. The van der Waals surface area contributed by atoms with Crippen LogP contribution in [-0.2, 0) is 0 Å². The molecule has 0 bridgehead atoms. The highest BCUT2D eigenvalue weighted by atomic mass is 14.9. The third kappa shape index (κ3) is 1.35. The van der Waals surface area contributed by atoms with Crippen molar-refractivity contribution >= 4 is 16.6 Å². The van der Waals surface area contributed by atoms with Crippen LogP contribution in [0.25, 0.3) is 16.6 Å². The smallest absolute Gasteiger partial charge is 0.141 e. The number of rotatable bonds is 1. The lowest BCUT2D eigenvalue weighted by atomic mass is 10.1. The molecule has 0 radical (unpaired) electrons. The van der Waals surface area contributed by atoms with Gasteiger partial charge in [0.1, 0.15) is 12.0 Å². The highest BCUT2D eigenvalue weighted by Crippen LogP contribution is 2.32. The zero-order valence-electron chi connectivity index (χ0n) is 8.70. The average molecular weight is 199 g/mol. The van der Waals surface area contributed by atoms with Crippen LogP contribution in [0.2, 0.25) is 0 Å². The summed E-state index contributed by atoms with van der Waals surface area (Å²) >= 11 is 0. The van der Waals surface area contributed by atoms with Crippen molar-refractivity contribution in [3.63, 3.8) is 0 Å². The zero-order valence-corrected chi connectivity index (χ0v) is 8.70. The van der Waals surface area contributed by atoms with Crippen LogP contribution in [0.4, 0.5) is 0 Å². The minimum atomic E-state index is 0.684. The maximum Gasteiger partial charge on any atom is 0.141 e. The van der Waals surface area contributed by atoms with Crippen molar-refractivity contribution < 1.29 is 0 Å². The molecule has 2 aromatic rings. The zero-order chi connectivity index (χ0) is 10.3. The minimum Gasteiger partial charge on any atom is -0.346 e. The maximum absolute atomic E-state index is 4.40. The van der Waals surface area contributed by atoms with Crippen molar-refractivity contribution in [1.29, 1.82) is 0 Å². The number of nitrogens with one attached hydrogen (secondary N) is 1. The van der Waals surface area contributed by atoms with Gasteiger partial charge in [-0.1, -0.05) is 13.0 Å². The molecule has 76 valence electrons. The van der Waals surface area contributed by atoms with E-state index in [4.69, 9.17) is 0 Å². The first kappa shape index (κ1) is 8.65. The molecule has 0 saturated carbocycles. The van der Waals surface area contributed by atoms with Crippen LogP contribution in [0.3, 0.4) is 0 Å². The van der Waals surface area contributed by atoms with Gasteiger partial charge >= 0.3 is 0 Å². The Hall–Kier alpha value is -1.64. The summed E-state index contributed by atoms with van der Waals surface area (Å²) in [6.45, 7) is 2.25. The summed E-state index contributed by atoms with van der Waals surface area (Å²) in [5.74, 6) is 0.684. The summed E-state index contributed by atoms with van der Waals surface area (Å²) in [5, 5.41) is 1.14. The molecule has 0 spiro atoms. The summed E-state index contributed by atoms with van der Waals surface area (Å²) in [7, 11) is 0. The molecule has 3 nitrogen and oxygen atoms in total. The molecule has 0 fully saturated rings. The second-order valence-corrected chi connectivity index (χ2v) is 4.17. The van der Waals surface area contributed by atoms with Crippen molar-refractivity contribution in [3.05, 3.63) is 30.4 Å². The van der Waals surface area contributed by atoms with Gasteiger partial charge in [0.15, 0.2) is 0 Å². The van der Waals surface area contributed by atoms with Gasteiger partial charge < -0.3 is 4.98 Å². The molecule has 1 aliphatic rings. The van der Waals surface area contributed by atoms with E-state index in [0.29, 0.717) is 5.92 Å². The van der Waals surface area contributed by atoms with E-state index in [1.165, 1.54) is 12.0 Å². The molecule has 0 aromatic carbocycles. The fourth-order valence-corrected chi connectivity index (χ4v) is 2.22. The van der Waals surface area contributed by atoms with Gasteiger partial charge in [0.2, 0.25) is 0 Å². The first-order valence-electron chi connectivity index (χ1n) is 5.34. The van der Waals surface area contributed by atoms with Crippen LogP contribution in [0.5, 0.6) is 0 Å². The first-order valence-corrected chi connectivity index (χ1v) is 5.34. The van der Waals surface area contributed by atoms with Crippen LogP contribution < -0.4 is 0 Å². The molecule has 1 N–H and O–H groups in total. The fourth-order valence-electron chi connectivity index (χ4n) is 2.22. The lowest BCUT2D eigenvalue weighted by Gasteiger charge is -2.01. The highest BCUT2D eigenvalue weighted by Gasteiger charge is 2.16. The molecule has 2 heterocycles. The Morgan fingerprint density at radius 3 is 3.13 bits per heavy atom. The van der Waals surface area contributed by atoms with Crippen LogP contribution >= 0.6 is 0 Å². The number of fused-ring (bicyclic) bond motifs is 1.